The zero-order valence-electron chi connectivity index (χ0n) is 11.6. The lowest BCUT2D eigenvalue weighted by Gasteiger charge is -2.08. The number of aryl methyl sites for hydroxylation is 2. The van der Waals surface area contributed by atoms with Crippen molar-refractivity contribution < 1.29 is 4.79 Å². The SMILES string of the molecule is Cc1cc(=O)[nH]c(SCC(=O)Nc2cc(Cl)ccc2C)n1. The number of carbonyl (C=O) groups excluding carboxylic acids is 1. The molecule has 1 amide bonds. The summed E-state index contributed by atoms with van der Waals surface area (Å²) in [5.41, 5.74) is 2.00. The number of nitrogens with one attached hydrogen (secondary N) is 2. The third-order valence-corrected chi connectivity index (χ3v) is 3.77. The van der Waals surface area contributed by atoms with Gasteiger partial charge in [-0.25, -0.2) is 4.98 Å². The maximum atomic E-state index is 11.9. The molecule has 0 spiro atoms. The summed E-state index contributed by atoms with van der Waals surface area (Å²) in [4.78, 5) is 30.0. The average Bonchev–Trinajstić information content (AvgIpc) is 2.40. The zero-order valence-corrected chi connectivity index (χ0v) is 13.1. The zero-order chi connectivity index (χ0) is 15.4. The first-order valence-corrected chi connectivity index (χ1v) is 7.57. The van der Waals surface area contributed by atoms with Crippen LogP contribution in [0.4, 0.5) is 5.69 Å². The highest BCUT2D eigenvalue weighted by Gasteiger charge is 2.08. The minimum Gasteiger partial charge on any atom is -0.325 e. The fourth-order valence-electron chi connectivity index (χ4n) is 1.67. The summed E-state index contributed by atoms with van der Waals surface area (Å²) in [6.07, 6.45) is 0. The van der Waals surface area contributed by atoms with Gasteiger partial charge in [0, 0.05) is 22.5 Å². The fourth-order valence-corrected chi connectivity index (χ4v) is 2.56. The van der Waals surface area contributed by atoms with E-state index in [1.807, 2.05) is 13.0 Å². The van der Waals surface area contributed by atoms with Gasteiger partial charge in [0.15, 0.2) is 5.16 Å². The molecule has 2 N–H and O–H groups in total. The number of aromatic nitrogens is 2. The van der Waals surface area contributed by atoms with Crippen LogP contribution >= 0.6 is 23.4 Å². The molecule has 0 aliphatic heterocycles. The lowest BCUT2D eigenvalue weighted by molar-refractivity contribution is -0.113. The van der Waals surface area contributed by atoms with E-state index in [-0.39, 0.29) is 17.2 Å². The molecule has 0 radical (unpaired) electrons. The van der Waals surface area contributed by atoms with Crippen molar-refractivity contribution in [1.29, 1.82) is 0 Å². The fraction of sp³-hybridized carbons (Fsp3) is 0.214. The first-order valence-electron chi connectivity index (χ1n) is 6.21. The third kappa shape index (κ3) is 4.61. The first-order chi connectivity index (χ1) is 9.94. The maximum Gasteiger partial charge on any atom is 0.251 e. The van der Waals surface area contributed by atoms with Crippen molar-refractivity contribution in [1.82, 2.24) is 9.97 Å². The van der Waals surface area contributed by atoms with E-state index in [9.17, 15) is 9.59 Å². The van der Waals surface area contributed by atoms with E-state index in [1.54, 1.807) is 19.1 Å². The Morgan fingerprint density at radius 3 is 2.86 bits per heavy atom. The molecule has 0 aliphatic carbocycles. The molecule has 2 aromatic rings. The molecule has 1 aromatic carbocycles. The molecule has 0 aliphatic rings. The molecular weight excluding hydrogens is 310 g/mol. The number of amides is 1. The number of carbonyl (C=O) groups is 1. The van der Waals surface area contributed by atoms with Gasteiger partial charge in [-0.05, 0) is 31.5 Å². The number of hydrogen-bond donors (Lipinski definition) is 2. The molecule has 0 bridgehead atoms. The number of aromatic amines is 1. The summed E-state index contributed by atoms with van der Waals surface area (Å²) < 4.78 is 0. The molecule has 0 fully saturated rings. The van der Waals surface area contributed by atoms with Crippen molar-refractivity contribution in [3.8, 4) is 0 Å². The van der Waals surface area contributed by atoms with Gasteiger partial charge in [-0.1, -0.05) is 29.4 Å². The predicted molar refractivity (Wildman–Crippen MR) is 85.1 cm³/mol. The topological polar surface area (TPSA) is 74.8 Å². The number of H-pyrrole nitrogens is 1. The number of hydrogen-bond acceptors (Lipinski definition) is 4. The van der Waals surface area contributed by atoms with E-state index in [0.717, 1.165) is 5.56 Å². The number of thioether (sulfide) groups is 1. The Balaban J connectivity index is 1.99. The third-order valence-electron chi connectivity index (χ3n) is 2.66. The summed E-state index contributed by atoms with van der Waals surface area (Å²) in [7, 11) is 0. The Morgan fingerprint density at radius 1 is 1.38 bits per heavy atom. The van der Waals surface area contributed by atoms with Crippen molar-refractivity contribution >= 4 is 35.0 Å². The van der Waals surface area contributed by atoms with E-state index in [4.69, 9.17) is 11.6 Å². The van der Waals surface area contributed by atoms with Crippen LogP contribution < -0.4 is 10.9 Å². The molecule has 21 heavy (non-hydrogen) atoms. The van der Waals surface area contributed by atoms with Gasteiger partial charge >= 0.3 is 0 Å². The van der Waals surface area contributed by atoms with Gasteiger partial charge in [0.1, 0.15) is 0 Å². The van der Waals surface area contributed by atoms with Crippen LogP contribution in [0.5, 0.6) is 0 Å². The molecule has 0 unspecified atom stereocenters. The minimum absolute atomic E-state index is 0.151. The Kier molecular flexibility index (Phi) is 5.03. The van der Waals surface area contributed by atoms with Gasteiger partial charge in [-0.15, -0.1) is 0 Å². The second kappa shape index (κ2) is 6.78. The van der Waals surface area contributed by atoms with Crippen LogP contribution in [0.3, 0.4) is 0 Å². The molecule has 1 heterocycles. The standard InChI is InChI=1S/C14H14ClN3O2S/c1-8-3-4-10(15)6-11(8)17-13(20)7-21-14-16-9(2)5-12(19)18-14/h3-6H,7H2,1-2H3,(H,17,20)(H,16,18,19). The van der Waals surface area contributed by atoms with Crippen molar-refractivity contribution in [2.75, 3.05) is 11.1 Å². The lowest BCUT2D eigenvalue weighted by atomic mass is 10.2. The predicted octanol–water partition coefficient (Wildman–Crippen LogP) is 2.77. The molecule has 0 saturated heterocycles. The second-order valence-electron chi connectivity index (χ2n) is 4.49. The van der Waals surface area contributed by atoms with E-state index in [0.29, 0.717) is 21.6 Å². The van der Waals surface area contributed by atoms with Gasteiger partial charge < -0.3 is 10.3 Å². The van der Waals surface area contributed by atoms with Crippen molar-refractivity contribution in [2.24, 2.45) is 0 Å². The highest BCUT2D eigenvalue weighted by atomic mass is 35.5. The van der Waals surface area contributed by atoms with E-state index >= 15 is 0 Å². The van der Waals surface area contributed by atoms with Gasteiger partial charge in [0.05, 0.1) is 5.75 Å². The normalized spacial score (nSPS) is 10.4. The monoisotopic (exact) mass is 323 g/mol. The Morgan fingerprint density at radius 2 is 2.14 bits per heavy atom. The van der Waals surface area contributed by atoms with E-state index < -0.39 is 0 Å². The molecule has 2 rings (SSSR count). The van der Waals surface area contributed by atoms with Crippen LogP contribution in [0.25, 0.3) is 0 Å². The summed E-state index contributed by atoms with van der Waals surface area (Å²) >= 11 is 7.08. The van der Waals surface area contributed by atoms with Gasteiger partial charge in [0.2, 0.25) is 5.91 Å². The quantitative estimate of drug-likeness (QED) is 0.670. The number of benzene rings is 1. The van der Waals surface area contributed by atoms with Crippen molar-refractivity contribution in [2.45, 2.75) is 19.0 Å². The van der Waals surface area contributed by atoms with Gasteiger partial charge in [0.25, 0.3) is 5.56 Å². The smallest absolute Gasteiger partial charge is 0.251 e. The van der Waals surface area contributed by atoms with Crippen LogP contribution in [-0.2, 0) is 4.79 Å². The van der Waals surface area contributed by atoms with Crippen molar-refractivity contribution in [3.05, 3.63) is 50.9 Å². The number of rotatable bonds is 4. The summed E-state index contributed by atoms with van der Waals surface area (Å²) in [6.45, 7) is 3.62. The number of anilines is 1. The molecule has 0 atom stereocenters. The Bertz CT molecular complexity index is 730. The van der Waals surface area contributed by atoms with Crippen molar-refractivity contribution in [3.63, 3.8) is 0 Å². The Labute approximate surface area is 131 Å². The minimum atomic E-state index is -0.226. The molecule has 110 valence electrons. The molecule has 1 aromatic heterocycles. The number of halogens is 1. The molecule has 5 nitrogen and oxygen atoms in total. The largest absolute Gasteiger partial charge is 0.325 e. The van der Waals surface area contributed by atoms with Crippen LogP contribution in [0.15, 0.2) is 34.2 Å². The highest BCUT2D eigenvalue weighted by Crippen LogP contribution is 2.20. The summed E-state index contributed by atoms with van der Waals surface area (Å²) in [6, 6.07) is 6.71. The lowest BCUT2D eigenvalue weighted by Crippen LogP contribution is -2.16. The molecule has 0 saturated carbocycles. The van der Waals surface area contributed by atoms with Gasteiger partial charge in [-0.3, -0.25) is 9.59 Å². The second-order valence-corrected chi connectivity index (χ2v) is 5.89. The Hall–Kier alpha value is -1.79. The molecule has 7 heteroatoms. The summed E-state index contributed by atoms with van der Waals surface area (Å²) in [5.74, 6) is -0.0345. The number of nitrogens with zero attached hydrogens (tertiary/aromatic N) is 1. The van der Waals surface area contributed by atoms with Crippen LogP contribution in [-0.4, -0.2) is 21.6 Å². The summed E-state index contributed by atoms with van der Waals surface area (Å²) in [5, 5.41) is 3.78. The van der Waals surface area contributed by atoms with Gasteiger partial charge in [-0.2, -0.15) is 0 Å². The van der Waals surface area contributed by atoms with Crippen LogP contribution in [0.1, 0.15) is 11.3 Å². The van der Waals surface area contributed by atoms with Crippen LogP contribution in [0.2, 0.25) is 5.02 Å². The average molecular weight is 324 g/mol. The van der Waals surface area contributed by atoms with E-state index in [2.05, 4.69) is 15.3 Å². The molecular formula is C14H14ClN3O2S. The van der Waals surface area contributed by atoms with E-state index in [1.165, 1.54) is 17.8 Å². The first kappa shape index (κ1) is 15.6. The maximum absolute atomic E-state index is 11.9. The highest BCUT2D eigenvalue weighted by molar-refractivity contribution is 7.99. The van der Waals surface area contributed by atoms with Crippen LogP contribution in [0, 0.1) is 13.8 Å².